The third-order valence-corrected chi connectivity index (χ3v) is 2.70. The van der Waals surface area contributed by atoms with Crippen molar-refractivity contribution in [3.05, 3.63) is 40.3 Å². The van der Waals surface area contributed by atoms with Crippen molar-refractivity contribution in [3.8, 4) is 0 Å². The lowest BCUT2D eigenvalue weighted by molar-refractivity contribution is -0.106. The number of carbonyl (C=O) groups excluding carboxylic acids is 2. The molecule has 19 heavy (non-hydrogen) atoms. The van der Waals surface area contributed by atoms with Crippen LogP contribution in [0.15, 0.2) is 29.2 Å². The van der Waals surface area contributed by atoms with E-state index in [1.807, 2.05) is 0 Å². The fraction of sp³-hybridized carbons (Fsp3) is 0.154. The van der Waals surface area contributed by atoms with Gasteiger partial charge in [0.05, 0.1) is 19.2 Å². The van der Waals surface area contributed by atoms with Crippen molar-refractivity contribution in [1.82, 2.24) is 4.98 Å². The molecule has 0 aliphatic heterocycles. The SMILES string of the molecule is COC(=O)c1c[nH]c(=O)c2ccc(NCC=O)cc12. The summed E-state index contributed by atoms with van der Waals surface area (Å²) in [5.74, 6) is -0.534. The van der Waals surface area contributed by atoms with Crippen LogP contribution < -0.4 is 10.9 Å². The van der Waals surface area contributed by atoms with Crippen LogP contribution >= 0.6 is 0 Å². The Morgan fingerprint density at radius 2 is 2.21 bits per heavy atom. The summed E-state index contributed by atoms with van der Waals surface area (Å²) in [7, 11) is 1.27. The van der Waals surface area contributed by atoms with Gasteiger partial charge in [-0.15, -0.1) is 0 Å². The van der Waals surface area contributed by atoms with Gasteiger partial charge < -0.3 is 19.8 Å². The Balaban J connectivity index is 2.62. The van der Waals surface area contributed by atoms with E-state index in [1.54, 1.807) is 18.2 Å². The summed E-state index contributed by atoms with van der Waals surface area (Å²) in [6.45, 7) is 0.155. The highest BCUT2D eigenvalue weighted by molar-refractivity contribution is 6.04. The molecule has 98 valence electrons. The maximum absolute atomic E-state index is 11.7. The molecule has 0 amide bonds. The van der Waals surface area contributed by atoms with Gasteiger partial charge in [-0.3, -0.25) is 4.79 Å². The van der Waals surface area contributed by atoms with Gasteiger partial charge in [-0.1, -0.05) is 0 Å². The van der Waals surface area contributed by atoms with Crippen molar-refractivity contribution >= 4 is 28.7 Å². The Morgan fingerprint density at radius 1 is 1.42 bits per heavy atom. The molecule has 1 aromatic carbocycles. The average molecular weight is 260 g/mol. The Morgan fingerprint density at radius 3 is 2.89 bits per heavy atom. The fourth-order valence-corrected chi connectivity index (χ4v) is 1.81. The van der Waals surface area contributed by atoms with Gasteiger partial charge in [-0.2, -0.15) is 0 Å². The van der Waals surface area contributed by atoms with E-state index in [9.17, 15) is 14.4 Å². The number of rotatable bonds is 4. The van der Waals surface area contributed by atoms with Crippen molar-refractivity contribution in [2.45, 2.75) is 0 Å². The molecule has 0 saturated carbocycles. The second kappa shape index (κ2) is 5.34. The lowest BCUT2D eigenvalue weighted by Gasteiger charge is -2.07. The first-order chi connectivity index (χ1) is 9.17. The average Bonchev–Trinajstić information content (AvgIpc) is 2.44. The second-order valence-corrected chi connectivity index (χ2v) is 3.83. The molecule has 0 aliphatic carbocycles. The summed E-state index contributed by atoms with van der Waals surface area (Å²) >= 11 is 0. The minimum atomic E-state index is -0.534. The number of hydrogen-bond donors (Lipinski definition) is 2. The second-order valence-electron chi connectivity index (χ2n) is 3.83. The minimum Gasteiger partial charge on any atom is -0.465 e. The zero-order valence-corrected chi connectivity index (χ0v) is 10.2. The highest BCUT2D eigenvalue weighted by Crippen LogP contribution is 2.20. The van der Waals surface area contributed by atoms with Crippen LogP contribution in [0.25, 0.3) is 10.8 Å². The van der Waals surface area contributed by atoms with Crippen LogP contribution in [0.5, 0.6) is 0 Å². The highest BCUT2D eigenvalue weighted by atomic mass is 16.5. The zero-order chi connectivity index (χ0) is 13.8. The molecule has 0 spiro atoms. The maximum atomic E-state index is 11.7. The molecule has 2 N–H and O–H groups in total. The monoisotopic (exact) mass is 260 g/mol. The lowest BCUT2D eigenvalue weighted by atomic mass is 10.1. The largest absolute Gasteiger partial charge is 0.465 e. The third kappa shape index (κ3) is 2.47. The van der Waals surface area contributed by atoms with Gasteiger partial charge in [0.25, 0.3) is 5.56 Å². The molecule has 0 atom stereocenters. The molecule has 0 bridgehead atoms. The maximum Gasteiger partial charge on any atom is 0.339 e. The number of H-pyrrole nitrogens is 1. The van der Waals surface area contributed by atoms with Crippen LogP contribution in [0.4, 0.5) is 5.69 Å². The van der Waals surface area contributed by atoms with Crippen LogP contribution in [-0.4, -0.2) is 30.9 Å². The van der Waals surface area contributed by atoms with Crippen molar-refractivity contribution in [3.63, 3.8) is 0 Å². The van der Waals surface area contributed by atoms with Crippen LogP contribution in [0.3, 0.4) is 0 Å². The Bertz CT molecular complexity index is 691. The van der Waals surface area contributed by atoms with Gasteiger partial charge in [0.15, 0.2) is 0 Å². The number of esters is 1. The first-order valence-corrected chi connectivity index (χ1v) is 5.58. The normalized spacial score (nSPS) is 10.2. The molecular weight excluding hydrogens is 248 g/mol. The number of pyridine rings is 1. The van der Waals surface area contributed by atoms with Crippen molar-refractivity contribution in [2.24, 2.45) is 0 Å². The number of fused-ring (bicyclic) bond motifs is 1. The molecule has 0 radical (unpaired) electrons. The number of aldehydes is 1. The summed E-state index contributed by atoms with van der Waals surface area (Å²) < 4.78 is 4.67. The van der Waals surface area contributed by atoms with Crippen molar-refractivity contribution in [2.75, 3.05) is 19.0 Å². The molecular formula is C13H12N2O4. The van der Waals surface area contributed by atoms with E-state index in [1.165, 1.54) is 13.3 Å². The van der Waals surface area contributed by atoms with E-state index in [-0.39, 0.29) is 17.7 Å². The number of hydrogen-bond acceptors (Lipinski definition) is 5. The Kier molecular flexibility index (Phi) is 3.61. The summed E-state index contributed by atoms with van der Waals surface area (Å²) in [4.78, 5) is 36.1. The first-order valence-electron chi connectivity index (χ1n) is 5.58. The summed E-state index contributed by atoms with van der Waals surface area (Å²) in [6.07, 6.45) is 2.04. The summed E-state index contributed by atoms with van der Waals surface area (Å²) in [5.41, 5.74) is 0.631. The van der Waals surface area contributed by atoms with Gasteiger partial charge >= 0.3 is 5.97 Å². The molecule has 0 saturated heterocycles. The molecule has 1 heterocycles. The molecule has 6 heteroatoms. The first kappa shape index (κ1) is 12.8. The number of benzene rings is 1. The standard InChI is InChI=1S/C13H12N2O4/c1-19-13(18)11-7-15-12(17)9-3-2-8(6-10(9)11)14-4-5-16/h2-3,5-7,14H,4H2,1H3,(H,15,17). The minimum absolute atomic E-state index is 0.155. The van der Waals surface area contributed by atoms with E-state index in [0.717, 1.165) is 6.29 Å². The molecule has 2 aromatic rings. The number of carbonyl (C=O) groups is 2. The lowest BCUT2D eigenvalue weighted by Crippen LogP contribution is -2.12. The van der Waals surface area contributed by atoms with E-state index in [0.29, 0.717) is 16.5 Å². The predicted molar refractivity (Wildman–Crippen MR) is 70.5 cm³/mol. The van der Waals surface area contributed by atoms with Gasteiger partial charge in [-0.05, 0) is 18.2 Å². The fourth-order valence-electron chi connectivity index (χ4n) is 1.81. The topological polar surface area (TPSA) is 88.3 Å². The molecule has 6 nitrogen and oxygen atoms in total. The predicted octanol–water partition coefficient (Wildman–Crippen LogP) is 0.925. The summed E-state index contributed by atoms with van der Waals surface area (Å²) in [5, 5.41) is 3.72. The van der Waals surface area contributed by atoms with Gasteiger partial charge in [0.2, 0.25) is 0 Å². The van der Waals surface area contributed by atoms with E-state index in [4.69, 9.17) is 0 Å². The molecule has 1 aromatic heterocycles. The number of anilines is 1. The van der Waals surface area contributed by atoms with Crippen molar-refractivity contribution in [1.29, 1.82) is 0 Å². The quantitative estimate of drug-likeness (QED) is 0.630. The Hall–Kier alpha value is -2.63. The molecule has 0 unspecified atom stereocenters. The summed E-state index contributed by atoms with van der Waals surface area (Å²) in [6, 6.07) is 4.90. The van der Waals surface area contributed by atoms with Crippen LogP contribution in [-0.2, 0) is 9.53 Å². The van der Waals surface area contributed by atoms with Crippen LogP contribution in [0.1, 0.15) is 10.4 Å². The molecule has 0 fully saturated rings. The van der Waals surface area contributed by atoms with E-state index >= 15 is 0 Å². The number of nitrogens with one attached hydrogen (secondary N) is 2. The third-order valence-electron chi connectivity index (χ3n) is 2.70. The number of methoxy groups -OCH3 is 1. The number of aromatic amines is 1. The van der Waals surface area contributed by atoms with Crippen molar-refractivity contribution < 1.29 is 14.3 Å². The number of aromatic nitrogens is 1. The zero-order valence-electron chi connectivity index (χ0n) is 10.2. The van der Waals surface area contributed by atoms with Crippen LogP contribution in [0.2, 0.25) is 0 Å². The molecule has 2 rings (SSSR count). The number of ether oxygens (including phenoxy) is 1. The van der Waals surface area contributed by atoms with Gasteiger partial charge in [0.1, 0.15) is 6.29 Å². The Labute approximate surface area is 108 Å². The van der Waals surface area contributed by atoms with Crippen LogP contribution in [0, 0.1) is 0 Å². The van der Waals surface area contributed by atoms with E-state index < -0.39 is 5.97 Å². The molecule has 0 aliphatic rings. The smallest absolute Gasteiger partial charge is 0.339 e. The highest BCUT2D eigenvalue weighted by Gasteiger charge is 2.12. The van der Waals surface area contributed by atoms with Gasteiger partial charge in [0, 0.05) is 22.7 Å². The van der Waals surface area contributed by atoms with E-state index in [2.05, 4.69) is 15.0 Å². The van der Waals surface area contributed by atoms with Gasteiger partial charge in [-0.25, -0.2) is 4.79 Å².